The topological polar surface area (TPSA) is 12.5 Å². The van der Waals surface area contributed by atoms with Crippen LogP contribution >= 0.6 is 0 Å². The minimum Gasteiger partial charge on any atom is -0.365 e. The van der Waals surface area contributed by atoms with Crippen LogP contribution < -0.4 is 0 Å². The molecule has 0 radical (unpaired) electrons. The predicted molar refractivity (Wildman–Crippen MR) is 121 cm³/mol. The summed E-state index contributed by atoms with van der Waals surface area (Å²) in [6.45, 7) is 8.14. The van der Waals surface area contributed by atoms with E-state index in [4.69, 9.17) is 4.74 Å². The average Bonchev–Trinajstić information content (AvgIpc) is 2.98. The minimum atomic E-state index is 0.0291. The van der Waals surface area contributed by atoms with Crippen LogP contribution in [0.4, 0.5) is 0 Å². The van der Waals surface area contributed by atoms with Crippen LogP contribution in [-0.4, -0.2) is 29.6 Å². The van der Waals surface area contributed by atoms with Gasteiger partial charge in [-0.3, -0.25) is 4.90 Å². The smallest absolute Gasteiger partial charge is 0.108 e. The van der Waals surface area contributed by atoms with Gasteiger partial charge in [-0.05, 0) is 61.3 Å². The van der Waals surface area contributed by atoms with Crippen molar-refractivity contribution in [1.29, 1.82) is 0 Å². The number of unbranched alkanes of at least 4 members (excludes halogenated alkanes) is 1. The van der Waals surface area contributed by atoms with Crippen molar-refractivity contribution in [2.45, 2.75) is 89.5 Å². The fourth-order valence-corrected chi connectivity index (χ4v) is 5.47. The molecule has 0 aromatic heterocycles. The van der Waals surface area contributed by atoms with E-state index in [9.17, 15) is 0 Å². The third-order valence-corrected chi connectivity index (χ3v) is 6.94. The summed E-state index contributed by atoms with van der Waals surface area (Å²) in [5.74, 6) is 0.494. The Labute approximate surface area is 177 Å². The second-order valence-electron chi connectivity index (χ2n) is 9.28. The summed E-state index contributed by atoms with van der Waals surface area (Å²) in [6, 6.07) is 21.2. The van der Waals surface area contributed by atoms with Crippen molar-refractivity contribution in [3.63, 3.8) is 0 Å². The summed E-state index contributed by atoms with van der Waals surface area (Å²) in [5.41, 5.74) is 4.03. The molecule has 2 aliphatic rings. The summed E-state index contributed by atoms with van der Waals surface area (Å²) in [4.78, 5) is 2.79. The molecule has 0 saturated carbocycles. The molecule has 4 rings (SSSR count). The van der Waals surface area contributed by atoms with Gasteiger partial charge in [0.1, 0.15) is 6.10 Å². The summed E-state index contributed by atoms with van der Waals surface area (Å²) in [7, 11) is 0. The maximum atomic E-state index is 6.96. The Balaban J connectivity index is 1.57. The first-order valence-corrected chi connectivity index (χ1v) is 11.7. The lowest BCUT2D eigenvalue weighted by Gasteiger charge is -2.40. The van der Waals surface area contributed by atoms with Crippen LogP contribution in [0.5, 0.6) is 0 Å². The molecule has 0 aliphatic carbocycles. The highest BCUT2D eigenvalue weighted by Gasteiger charge is 2.41. The first-order valence-electron chi connectivity index (χ1n) is 11.7. The van der Waals surface area contributed by atoms with E-state index < -0.39 is 0 Å². The van der Waals surface area contributed by atoms with Crippen LogP contribution in [0.3, 0.4) is 0 Å². The third kappa shape index (κ3) is 4.59. The van der Waals surface area contributed by atoms with E-state index in [1.165, 1.54) is 61.8 Å². The maximum absolute atomic E-state index is 6.96. The summed E-state index contributed by atoms with van der Waals surface area (Å²) >= 11 is 0. The number of nitrogens with zero attached hydrogens (tertiary/aromatic N) is 1. The van der Waals surface area contributed by atoms with Crippen molar-refractivity contribution in [3.8, 4) is 0 Å². The molecule has 0 amide bonds. The van der Waals surface area contributed by atoms with E-state index in [1.54, 1.807) is 0 Å². The van der Waals surface area contributed by atoms with Gasteiger partial charge in [-0.1, -0.05) is 81.8 Å². The first-order chi connectivity index (χ1) is 14.2. The molecule has 0 N–H and O–H groups in total. The van der Waals surface area contributed by atoms with Crippen molar-refractivity contribution in [2.24, 2.45) is 0 Å². The zero-order valence-electron chi connectivity index (χ0n) is 18.4. The summed E-state index contributed by atoms with van der Waals surface area (Å²) in [5, 5.41) is 0. The Hall–Kier alpha value is -1.64. The molecular weight excluding hydrogens is 354 g/mol. The number of benzene rings is 2. The monoisotopic (exact) mass is 391 g/mol. The molecular formula is C27H37NO. The van der Waals surface area contributed by atoms with Gasteiger partial charge in [-0.25, -0.2) is 0 Å². The van der Waals surface area contributed by atoms with E-state index in [-0.39, 0.29) is 6.10 Å². The molecule has 29 heavy (non-hydrogen) atoms. The van der Waals surface area contributed by atoms with Gasteiger partial charge in [0, 0.05) is 12.1 Å². The molecule has 156 valence electrons. The molecule has 2 fully saturated rings. The van der Waals surface area contributed by atoms with Crippen molar-refractivity contribution in [2.75, 3.05) is 6.54 Å². The molecule has 2 aliphatic heterocycles. The zero-order valence-corrected chi connectivity index (χ0v) is 18.4. The zero-order chi connectivity index (χ0) is 20.2. The van der Waals surface area contributed by atoms with Crippen LogP contribution in [0.1, 0.15) is 88.0 Å². The van der Waals surface area contributed by atoms with Gasteiger partial charge in [0.2, 0.25) is 0 Å². The maximum Gasteiger partial charge on any atom is 0.108 e. The van der Waals surface area contributed by atoms with Crippen molar-refractivity contribution in [3.05, 3.63) is 71.3 Å². The van der Waals surface area contributed by atoms with E-state index >= 15 is 0 Å². The summed E-state index contributed by atoms with van der Waals surface area (Å²) < 4.78 is 6.96. The fourth-order valence-electron chi connectivity index (χ4n) is 5.47. The van der Waals surface area contributed by atoms with E-state index in [0.717, 1.165) is 12.1 Å². The minimum absolute atomic E-state index is 0.0291. The Bertz CT molecular complexity index is 757. The van der Waals surface area contributed by atoms with E-state index in [2.05, 4.69) is 80.3 Å². The van der Waals surface area contributed by atoms with E-state index in [1.807, 2.05) is 0 Å². The molecule has 2 nitrogen and oxygen atoms in total. The number of ether oxygens (including phenoxy) is 1. The van der Waals surface area contributed by atoms with Crippen LogP contribution in [0.15, 0.2) is 54.6 Å². The number of hydrogen-bond donors (Lipinski definition) is 0. The lowest BCUT2D eigenvalue weighted by atomic mass is 9.90. The number of piperidine rings is 1. The Kier molecular flexibility index (Phi) is 6.72. The van der Waals surface area contributed by atoms with Gasteiger partial charge in [-0.15, -0.1) is 0 Å². The average molecular weight is 392 g/mol. The molecule has 2 unspecified atom stereocenters. The van der Waals surface area contributed by atoms with Crippen molar-refractivity contribution in [1.82, 2.24) is 4.90 Å². The Morgan fingerprint density at radius 3 is 2.14 bits per heavy atom. The lowest BCUT2D eigenvalue weighted by Crippen LogP contribution is -2.46. The highest BCUT2D eigenvalue weighted by Crippen LogP contribution is 2.40. The van der Waals surface area contributed by atoms with Gasteiger partial charge in [0.15, 0.2) is 0 Å². The normalized spacial score (nSPS) is 25.4. The number of fused-ring (bicyclic) bond motifs is 2. The third-order valence-electron chi connectivity index (χ3n) is 6.94. The molecule has 2 bridgehead atoms. The molecule has 4 atom stereocenters. The number of hydrogen-bond acceptors (Lipinski definition) is 2. The van der Waals surface area contributed by atoms with Gasteiger partial charge in [0.25, 0.3) is 0 Å². The van der Waals surface area contributed by atoms with Gasteiger partial charge >= 0.3 is 0 Å². The van der Waals surface area contributed by atoms with Gasteiger partial charge < -0.3 is 4.74 Å². The molecule has 2 saturated heterocycles. The predicted octanol–water partition coefficient (Wildman–Crippen LogP) is 6.71. The van der Waals surface area contributed by atoms with Gasteiger partial charge in [-0.2, -0.15) is 0 Å². The highest BCUT2D eigenvalue weighted by atomic mass is 16.5. The summed E-state index contributed by atoms with van der Waals surface area (Å²) in [6.07, 6.45) is 8.09. The van der Waals surface area contributed by atoms with E-state index in [0.29, 0.717) is 12.0 Å². The quantitative estimate of drug-likeness (QED) is 0.496. The van der Waals surface area contributed by atoms with Crippen LogP contribution in [0, 0.1) is 0 Å². The van der Waals surface area contributed by atoms with Crippen LogP contribution in [-0.2, 0) is 4.74 Å². The molecule has 2 aromatic rings. The highest BCUT2D eigenvalue weighted by molar-refractivity contribution is 5.37. The standard InChI is InChI=1S/C27H37NO/c1-4-5-17-28-22-15-16-23(28)19-24(18-22)29-27(21-11-7-6-8-12-21)26-14-10-9-13-25(26)20(2)3/h6-14,20,22-24,27H,4-5,15-19H2,1-3H3/t22-,23+,24?,27?. The Morgan fingerprint density at radius 1 is 0.897 bits per heavy atom. The number of rotatable bonds is 8. The van der Waals surface area contributed by atoms with Gasteiger partial charge in [0.05, 0.1) is 6.10 Å². The fraction of sp³-hybridized carbons (Fsp3) is 0.556. The van der Waals surface area contributed by atoms with Crippen molar-refractivity contribution < 1.29 is 4.74 Å². The largest absolute Gasteiger partial charge is 0.365 e. The molecule has 2 heterocycles. The first kappa shape index (κ1) is 20.6. The molecule has 2 heteroatoms. The van der Waals surface area contributed by atoms with Crippen LogP contribution in [0.2, 0.25) is 0 Å². The SMILES string of the molecule is CCCCN1[C@@H]2CC[C@H]1CC(OC(c1ccccc1)c1ccccc1C(C)C)C2. The molecule has 2 aromatic carbocycles. The van der Waals surface area contributed by atoms with Crippen molar-refractivity contribution >= 4 is 0 Å². The lowest BCUT2D eigenvalue weighted by molar-refractivity contribution is -0.0486. The molecule has 0 spiro atoms. The second kappa shape index (κ2) is 9.45. The Morgan fingerprint density at radius 2 is 1.52 bits per heavy atom. The second-order valence-corrected chi connectivity index (χ2v) is 9.28. The van der Waals surface area contributed by atoms with Crippen LogP contribution in [0.25, 0.3) is 0 Å².